The number of nitrogens with zero attached hydrogens (tertiary/aromatic N) is 1. The molecule has 2 aromatic rings. The van der Waals surface area contributed by atoms with Crippen LogP contribution in [0.1, 0.15) is 11.3 Å². The minimum Gasteiger partial charge on any atom is -0.335 e. The van der Waals surface area contributed by atoms with Gasteiger partial charge in [-0.1, -0.05) is 6.07 Å². The Morgan fingerprint density at radius 3 is 2.60 bits per heavy atom. The third kappa shape index (κ3) is 1.85. The highest BCUT2D eigenvalue weighted by Crippen LogP contribution is 2.15. The molecule has 0 spiro atoms. The van der Waals surface area contributed by atoms with Crippen LogP contribution in [-0.2, 0) is 0 Å². The largest absolute Gasteiger partial charge is 0.335 e. The van der Waals surface area contributed by atoms with Gasteiger partial charge >= 0.3 is 0 Å². The van der Waals surface area contributed by atoms with Crippen molar-refractivity contribution >= 4 is 12.2 Å². The van der Waals surface area contributed by atoms with Crippen LogP contribution in [0, 0.1) is 24.4 Å². The van der Waals surface area contributed by atoms with E-state index in [4.69, 9.17) is 12.2 Å². The van der Waals surface area contributed by atoms with Gasteiger partial charge < -0.3 is 4.98 Å². The van der Waals surface area contributed by atoms with E-state index in [0.29, 0.717) is 10.5 Å². The molecule has 0 aliphatic carbocycles. The Labute approximate surface area is 92.4 Å². The van der Waals surface area contributed by atoms with E-state index < -0.39 is 0 Å². The minimum atomic E-state index is -0.259. The maximum atomic E-state index is 13.6. The fraction of sp³-hybridized carbons (Fsp3) is 0.182. The van der Waals surface area contributed by atoms with Crippen molar-refractivity contribution in [2.45, 2.75) is 13.8 Å². The van der Waals surface area contributed by atoms with Crippen molar-refractivity contribution in [1.29, 1.82) is 0 Å². The molecule has 0 atom stereocenters. The number of aryl methyl sites for hydroxylation is 2. The second kappa shape index (κ2) is 3.62. The van der Waals surface area contributed by atoms with Crippen molar-refractivity contribution in [1.82, 2.24) is 9.55 Å². The normalized spacial score (nSPS) is 10.6. The number of aromatic amines is 1. The fourth-order valence-corrected chi connectivity index (χ4v) is 1.81. The quantitative estimate of drug-likeness (QED) is 0.734. The Balaban J connectivity index is 2.64. The van der Waals surface area contributed by atoms with Gasteiger partial charge in [-0.3, -0.25) is 4.57 Å². The van der Waals surface area contributed by atoms with Gasteiger partial charge in [-0.2, -0.15) is 0 Å². The average Bonchev–Trinajstić information content (AvgIpc) is 2.45. The number of benzene rings is 1. The number of imidazole rings is 1. The first-order valence-electron chi connectivity index (χ1n) is 4.63. The Morgan fingerprint density at radius 2 is 2.07 bits per heavy atom. The number of halogens is 1. The molecule has 0 amide bonds. The van der Waals surface area contributed by atoms with Crippen LogP contribution >= 0.6 is 12.2 Å². The molecule has 4 heteroatoms. The Kier molecular flexibility index (Phi) is 2.44. The van der Waals surface area contributed by atoms with E-state index in [1.807, 2.05) is 19.9 Å². The van der Waals surface area contributed by atoms with E-state index in [0.717, 1.165) is 11.3 Å². The molecule has 0 aliphatic heterocycles. The van der Waals surface area contributed by atoms with Gasteiger partial charge in [-0.15, -0.1) is 0 Å². The van der Waals surface area contributed by atoms with Crippen LogP contribution in [-0.4, -0.2) is 9.55 Å². The molecular formula is C11H11FN2S. The van der Waals surface area contributed by atoms with Crippen LogP contribution in [0.2, 0.25) is 0 Å². The number of rotatable bonds is 1. The summed E-state index contributed by atoms with van der Waals surface area (Å²) in [5, 5.41) is 0. The van der Waals surface area contributed by atoms with Gasteiger partial charge in [0.2, 0.25) is 0 Å². The van der Waals surface area contributed by atoms with Crippen molar-refractivity contribution in [2.75, 3.05) is 0 Å². The van der Waals surface area contributed by atoms with Crippen LogP contribution in [0.25, 0.3) is 5.69 Å². The summed E-state index contributed by atoms with van der Waals surface area (Å²) in [6.07, 6.45) is 1.79. The third-order valence-corrected chi connectivity index (χ3v) is 2.51. The highest BCUT2D eigenvalue weighted by Gasteiger charge is 2.06. The number of hydrogen-bond acceptors (Lipinski definition) is 1. The monoisotopic (exact) mass is 222 g/mol. The Morgan fingerprint density at radius 1 is 1.33 bits per heavy atom. The minimum absolute atomic E-state index is 0.259. The van der Waals surface area contributed by atoms with Crippen LogP contribution in [0.15, 0.2) is 24.4 Å². The lowest BCUT2D eigenvalue weighted by Crippen LogP contribution is -1.96. The molecule has 0 saturated carbocycles. The highest BCUT2D eigenvalue weighted by atomic mass is 32.1. The van der Waals surface area contributed by atoms with Gasteiger partial charge in [-0.25, -0.2) is 4.39 Å². The molecule has 1 aromatic carbocycles. The first-order chi connectivity index (χ1) is 7.08. The SMILES string of the molecule is Cc1ccc(-n2cc(C)[nH]c2=S)c(F)c1. The number of nitrogens with one attached hydrogen (secondary N) is 1. The molecule has 78 valence electrons. The Hall–Kier alpha value is -1.42. The van der Waals surface area contributed by atoms with Crippen molar-refractivity contribution in [2.24, 2.45) is 0 Å². The standard InChI is InChI=1S/C11H11FN2S/c1-7-3-4-10(9(12)5-7)14-6-8(2)13-11(14)15/h3-6H,1-2H3,(H,13,15). The lowest BCUT2D eigenvalue weighted by Gasteiger charge is -2.04. The summed E-state index contributed by atoms with van der Waals surface area (Å²) in [6, 6.07) is 5.09. The molecule has 0 fully saturated rings. The number of H-pyrrole nitrogens is 1. The van der Waals surface area contributed by atoms with E-state index in [1.54, 1.807) is 16.8 Å². The average molecular weight is 222 g/mol. The maximum Gasteiger partial charge on any atom is 0.182 e. The summed E-state index contributed by atoms with van der Waals surface area (Å²) in [5.41, 5.74) is 2.30. The molecule has 0 aliphatic rings. The van der Waals surface area contributed by atoms with Crippen molar-refractivity contribution in [3.63, 3.8) is 0 Å². The molecule has 2 rings (SSSR count). The van der Waals surface area contributed by atoms with Gasteiger partial charge in [0.25, 0.3) is 0 Å². The summed E-state index contributed by atoms with van der Waals surface area (Å²) in [6.45, 7) is 3.74. The van der Waals surface area contributed by atoms with Gasteiger partial charge in [-0.05, 0) is 43.8 Å². The molecule has 1 heterocycles. The van der Waals surface area contributed by atoms with Crippen molar-refractivity contribution in [3.8, 4) is 5.69 Å². The summed E-state index contributed by atoms with van der Waals surface area (Å²) < 4.78 is 15.8. The molecule has 15 heavy (non-hydrogen) atoms. The second-order valence-corrected chi connectivity index (χ2v) is 3.95. The molecule has 0 bridgehead atoms. The summed E-state index contributed by atoms with van der Waals surface area (Å²) in [4.78, 5) is 2.96. The van der Waals surface area contributed by atoms with Crippen molar-refractivity contribution < 1.29 is 4.39 Å². The lowest BCUT2D eigenvalue weighted by molar-refractivity contribution is 0.616. The molecular weight excluding hydrogens is 211 g/mol. The second-order valence-electron chi connectivity index (χ2n) is 3.57. The maximum absolute atomic E-state index is 13.6. The number of hydrogen-bond donors (Lipinski definition) is 1. The van der Waals surface area contributed by atoms with Gasteiger partial charge in [0.15, 0.2) is 4.77 Å². The first-order valence-corrected chi connectivity index (χ1v) is 5.03. The molecule has 0 unspecified atom stereocenters. The zero-order valence-electron chi connectivity index (χ0n) is 8.54. The van der Waals surface area contributed by atoms with Crippen LogP contribution < -0.4 is 0 Å². The predicted octanol–water partition coefficient (Wildman–Crippen LogP) is 3.29. The summed E-state index contributed by atoms with van der Waals surface area (Å²) in [5.74, 6) is -0.259. The highest BCUT2D eigenvalue weighted by molar-refractivity contribution is 7.71. The van der Waals surface area contributed by atoms with E-state index in [2.05, 4.69) is 4.98 Å². The molecule has 0 radical (unpaired) electrons. The molecule has 0 saturated heterocycles. The molecule has 1 N–H and O–H groups in total. The van der Waals surface area contributed by atoms with Crippen LogP contribution in [0.3, 0.4) is 0 Å². The number of aromatic nitrogens is 2. The van der Waals surface area contributed by atoms with Crippen molar-refractivity contribution in [3.05, 3.63) is 46.2 Å². The topological polar surface area (TPSA) is 20.7 Å². The summed E-state index contributed by atoms with van der Waals surface area (Å²) >= 11 is 5.09. The van der Waals surface area contributed by atoms with Gasteiger partial charge in [0.1, 0.15) is 5.82 Å². The van der Waals surface area contributed by atoms with E-state index in [-0.39, 0.29) is 5.82 Å². The van der Waals surface area contributed by atoms with E-state index in [1.165, 1.54) is 6.07 Å². The van der Waals surface area contributed by atoms with Gasteiger partial charge in [0, 0.05) is 11.9 Å². The lowest BCUT2D eigenvalue weighted by atomic mass is 10.2. The van der Waals surface area contributed by atoms with E-state index in [9.17, 15) is 4.39 Å². The predicted molar refractivity (Wildman–Crippen MR) is 60.4 cm³/mol. The first kappa shape index (κ1) is 10.1. The van der Waals surface area contributed by atoms with E-state index >= 15 is 0 Å². The van der Waals surface area contributed by atoms with Crippen LogP contribution in [0.4, 0.5) is 4.39 Å². The van der Waals surface area contributed by atoms with Gasteiger partial charge in [0.05, 0.1) is 5.69 Å². The molecule has 1 aromatic heterocycles. The smallest absolute Gasteiger partial charge is 0.182 e. The third-order valence-electron chi connectivity index (χ3n) is 2.21. The fourth-order valence-electron chi connectivity index (χ4n) is 1.50. The Bertz CT molecular complexity index is 554. The summed E-state index contributed by atoms with van der Waals surface area (Å²) in [7, 11) is 0. The molecule has 2 nitrogen and oxygen atoms in total. The van der Waals surface area contributed by atoms with Crippen LogP contribution in [0.5, 0.6) is 0 Å². The zero-order valence-corrected chi connectivity index (χ0v) is 9.36. The zero-order chi connectivity index (χ0) is 11.0.